The average molecular weight is 413 g/mol. The smallest absolute Gasteiger partial charge is 0.257 e. The first-order valence-electron chi connectivity index (χ1n) is 9.88. The quantitative estimate of drug-likeness (QED) is 0.410. The second-order valence-electron chi connectivity index (χ2n) is 6.79. The number of benzene rings is 2. The van der Waals surface area contributed by atoms with E-state index in [1.807, 2.05) is 0 Å². The molecule has 0 aliphatic carbocycles. The minimum absolute atomic E-state index is 0.230. The van der Waals surface area contributed by atoms with E-state index in [0.29, 0.717) is 29.3 Å². The van der Waals surface area contributed by atoms with Crippen LogP contribution in [0.5, 0.6) is 5.75 Å². The number of hydrogen-bond acceptors (Lipinski definition) is 4. The van der Waals surface area contributed by atoms with Gasteiger partial charge in [0, 0.05) is 23.1 Å². The Morgan fingerprint density at radius 2 is 1.90 bits per heavy atom. The molecule has 0 unspecified atom stereocenters. The molecule has 0 atom stereocenters. The largest absolute Gasteiger partial charge is 0.494 e. The van der Waals surface area contributed by atoms with E-state index in [-0.39, 0.29) is 11.7 Å². The third-order valence-corrected chi connectivity index (χ3v) is 5.39. The Hall–Kier alpha value is -2.73. The molecule has 2 aromatic carbocycles. The van der Waals surface area contributed by atoms with Crippen LogP contribution in [0.3, 0.4) is 0 Å². The van der Waals surface area contributed by atoms with E-state index in [1.54, 1.807) is 48.7 Å². The van der Waals surface area contributed by atoms with Crippen molar-refractivity contribution < 1.29 is 13.9 Å². The monoisotopic (exact) mass is 412 g/mol. The van der Waals surface area contributed by atoms with E-state index in [0.717, 1.165) is 17.0 Å². The number of carbonyl (C=O) groups is 1. The fourth-order valence-electron chi connectivity index (χ4n) is 2.87. The molecule has 3 rings (SSSR count). The number of thiazole rings is 1. The third-order valence-electron chi connectivity index (χ3n) is 4.48. The first kappa shape index (κ1) is 21.0. The summed E-state index contributed by atoms with van der Waals surface area (Å²) in [6, 6.07) is 13.8. The highest BCUT2D eigenvalue weighted by atomic mass is 32.1. The van der Waals surface area contributed by atoms with Crippen LogP contribution in [0.25, 0.3) is 0 Å². The van der Waals surface area contributed by atoms with Crippen molar-refractivity contribution in [3.05, 3.63) is 76.5 Å². The first-order valence-corrected chi connectivity index (χ1v) is 10.7. The van der Waals surface area contributed by atoms with Gasteiger partial charge in [0.05, 0.1) is 6.61 Å². The van der Waals surface area contributed by atoms with Gasteiger partial charge >= 0.3 is 0 Å². The molecule has 1 N–H and O–H groups in total. The second kappa shape index (κ2) is 10.7. The van der Waals surface area contributed by atoms with E-state index in [2.05, 4.69) is 17.2 Å². The second-order valence-corrected chi connectivity index (χ2v) is 7.90. The van der Waals surface area contributed by atoms with Crippen molar-refractivity contribution in [1.82, 2.24) is 4.98 Å². The van der Waals surface area contributed by atoms with Gasteiger partial charge in [-0.05, 0) is 42.3 Å². The molecule has 1 amide bonds. The van der Waals surface area contributed by atoms with Gasteiger partial charge in [0.1, 0.15) is 11.6 Å². The topological polar surface area (TPSA) is 51.2 Å². The summed E-state index contributed by atoms with van der Waals surface area (Å²) in [4.78, 5) is 17.5. The lowest BCUT2D eigenvalue weighted by atomic mass is 10.1. The standard InChI is InChI=1S/C23H25FN2O2S/c1-2-3-4-7-14-28-19-12-10-17(11-13-19)22(27)26-23-25-16-20(29-23)15-18-8-5-6-9-21(18)24/h5-6,8-13,16H,2-4,7,14-15H2,1H3,(H,25,26,27). The predicted octanol–water partition coefficient (Wildman–Crippen LogP) is 6.08. The molecule has 4 nitrogen and oxygen atoms in total. The minimum atomic E-state index is -0.237. The summed E-state index contributed by atoms with van der Waals surface area (Å²) in [7, 11) is 0. The van der Waals surface area contributed by atoms with Crippen molar-refractivity contribution in [3.8, 4) is 5.75 Å². The van der Waals surface area contributed by atoms with E-state index in [9.17, 15) is 9.18 Å². The molecule has 1 aromatic heterocycles. The number of unbranched alkanes of at least 4 members (excludes halogenated alkanes) is 3. The van der Waals surface area contributed by atoms with Crippen LogP contribution in [0.2, 0.25) is 0 Å². The van der Waals surface area contributed by atoms with Gasteiger partial charge in [0.2, 0.25) is 0 Å². The molecule has 0 radical (unpaired) electrons. The Bertz CT molecular complexity index is 925. The van der Waals surface area contributed by atoms with Crippen molar-refractivity contribution in [2.75, 3.05) is 11.9 Å². The molecule has 0 fully saturated rings. The van der Waals surface area contributed by atoms with Gasteiger partial charge < -0.3 is 4.74 Å². The van der Waals surface area contributed by atoms with Gasteiger partial charge in [-0.1, -0.05) is 44.4 Å². The number of carbonyl (C=O) groups excluding carboxylic acids is 1. The van der Waals surface area contributed by atoms with E-state index in [1.165, 1.54) is 36.7 Å². The molecule has 6 heteroatoms. The predicted molar refractivity (Wildman–Crippen MR) is 115 cm³/mol. The maximum absolute atomic E-state index is 13.8. The molecular weight excluding hydrogens is 387 g/mol. The van der Waals surface area contributed by atoms with Gasteiger partial charge in [0.25, 0.3) is 5.91 Å². The number of amides is 1. The van der Waals surface area contributed by atoms with Crippen LogP contribution in [0.15, 0.2) is 54.7 Å². The van der Waals surface area contributed by atoms with Crippen molar-refractivity contribution in [2.24, 2.45) is 0 Å². The third kappa shape index (κ3) is 6.39. The summed E-state index contributed by atoms with van der Waals surface area (Å²) >= 11 is 1.35. The van der Waals surface area contributed by atoms with Gasteiger partial charge in [-0.3, -0.25) is 10.1 Å². The number of aromatic nitrogens is 1. The number of ether oxygens (including phenoxy) is 1. The Morgan fingerprint density at radius 3 is 2.66 bits per heavy atom. The number of anilines is 1. The molecule has 0 aliphatic rings. The molecule has 0 aliphatic heterocycles. The van der Waals surface area contributed by atoms with Crippen molar-refractivity contribution in [3.63, 3.8) is 0 Å². The number of nitrogens with one attached hydrogen (secondary N) is 1. The molecule has 0 saturated carbocycles. The normalized spacial score (nSPS) is 10.7. The summed E-state index contributed by atoms with van der Waals surface area (Å²) in [6.45, 7) is 2.87. The highest BCUT2D eigenvalue weighted by Crippen LogP contribution is 2.23. The lowest BCUT2D eigenvalue weighted by molar-refractivity contribution is 0.102. The van der Waals surface area contributed by atoms with Crippen LogP contribution in [-0.4, -0.2) is 17.5 Å². The summed E-state index contributed by atoms with van der Waals surface area (Å²) < 4.78 is 19.5. The van der Waals surface area contributed by atoms with Crippen molar-refractivity contribution in [1.29, 1.82) is 0 Å². The zero-order chi connectivity index (χ0) is 20.5. The maximum Gasteiger partial charge on any atom is 0.257 e. The number of nitrogens with zero attached hydrogens (tertiary/aromatic N) is 1. The molecule has 29 heavy (non-hydrogen) atoms. The molecule has 3 aromatic rings. The zero-order valence-electron chi connectivity index (χ0n) is 16.5. The van der Waals surface area contributed by atoms with Crippen molar-refractivity contribution >= 4 is 22.4 Å². The zero-order valence-corrected chi connectivity index (χ0v) is 17.3. The van der Waals surface area contributed by atoms with E-state index < -0.39 is 0 Å². The number of hydrogen-bond donors (Lipinski definition) is 1. The van der Waals surface area contributed by atoms with Gasteiger partial charge in [0.15, 0.2) is 5.13 Å². The van der Waals surface area contributed by atoms with E-state index in [4.69, 9.17) is 4.74 Å². The molecular formula is C23H25FN2O2S. The number of rotatable bonds is 10. The van der Waals surface area contributed by atoms with Gasteiger partial charge in [-0.15, -0.1) is 11.3 Å². The molecule has 1 heterocycles. The number of halogens is 1. The van der Waals surface area contributed by atoms with Gasteiger partial charge in [-0.2, -0.15) is 0 Å². The van der Waals surface area contributed by atoms with Crippen LogP contribution in [-0.2, 0) is 6.42 Å². The van der Waals surface area contributed by atoms with Crippen LogP contribution in [0, 0.1) is 5.82 Å². The van der Waals surface area contributed by atoms with Crippen LogP contribution in [0.4, 0.5) is 9.52 Å². The maximum atomic E-state index is 13.8. The lowest BCUT2D eigenvalue weighted by Crippen LogP contribution is -2.11. The fourth-order valence-corrected chi connectivity index (χ4v) is 3.70. The molecule has 0 bridgehead atoms. The molecule has 0 spiro atoms. The highest BCUT2D eigenvalue weighted by Gasteiger charge is 2.11. The summed E-state index contributed by atoms with van der Waals surface area (Å²) in [5, 5.41) is 3.30. The Labute approximate surface area is 174 Å². The van der Waals surface area contributed by atoms with Gasteiger partial charge in [-0.25, -0.2) is 9.37 Å². The van der Waals surface area contributed by atoms with Crippen LogP contribution >= 0.6 is 11.3 Å². The van der Waals surface area contributed by atoms with E-state index >= 15 is 0 Å². The first-order chi connectivity index (χ1) is 14.2. The highest BCUT2D eigenvalue weighted by molar-refractivity contribution is 7.15. The molecule has 152 valence electrons. The fraction of sp³-hybridized carbons (Fsp3) is 0.304. The minimum Gasteiger partial charge on any atom is -0.494 e. The SMILES string of the molecule is CCCCCCOc1ccc(C(=O)Nc2ncc(Cc3ccccc3F)s2)cc1. The van der Waals surface area contributed by atoms with Crippen molar-refractivity contribution in [2.45, 2.75) is 39.0 Å². The average Bonchev–Trinajstić information content (AvgIpc) is 3.17. The Kier molecular flexibility index (Phi) is 7.76. The van der Waals surface area contributed by atoms with Crippen LogP contribution in [0.1, 0.15) is 53.4 Å². The Balaban J connectivity index is 1.51. The lowest BCUT2D eigenvalue weighted by Gasteiger charge is -2.07. The summed E-state index contributed by atoms with van der Waals surface area (Å²) in [5.41, 5.74) is 1.15. The van der Waals surface area contributed by atoms with Crippen LogP contribution < -0.4 is 10.1 Å². The summed E-state index contributed by atoms with van der Waals surface area (Å²) in [5.74, 6) is 0.296. The Morgan fingerprint density at radius 1 is 1.10 bits per heavy atom. The summed E-state index contributed by atoms with van der Waals surface area (Å²) in [6.07, 6.45) is 6.75. The molecule has 0 saturated heterocycles.